The largest absolute Gasteiger partial charge is 0.373 e. The molecule has 5 nitrogen and oxygen atoms in total. The first-order valence-corrected chi connectivity index (χ1v) is 8.11. The van der Waals surface area contributed by atoms with Crippen LogP contribution in [-0.4, -0.2) is 48.1 Å². The van der Waals surface area contributed by atoms with Crippen LogP contribution >= 0.6 is 0 Å². The van der Waals surface area contributed by atoms with E-state index in [0.29, 0.717) is 11.8 Å². The molecule has 0 amide bonds. The molecule has 1 atom stereocenters. The Kier molecular flexibility index (Phi) is 5.79. The van der Waals surface area contributed by atoms with Gasteiger partial charge >= 0.3 is 0 Å². The van der Waals surface area contributed by atoms with E-state index in [0.717, 1.165) is 24.0 Å². The fraction of sp³-hybridized carbons (Fsp3) is 0.750. The molecule has 1 aliphatic rings. The third kappa shape index (κ3) is 4.84. The molecule has 0 bridgehead atoms. The van der Waals surface area contributed by atoms with Crippen LogP contribution in [0.3, 0.4) is 0 Å². The normalized spacial score (nSPS) is 17.2. The minimum atomic E-state index is 0.334. The number of aromatic nitrogens is 2. The van der Waals surface area contributed by atoms with Crippen LogP contribution in [-0.2, 0) is 0 Å². The summed E-state index contributed by atoms with van der Waals surface area (Å²) in [6.45, 7) is 11.2. The molecule has 2 heterocycles. The molecule has 0 aromatic carbocycles. The maximum absolute atomic E-state index is 4.61. The average molecular weight is 291 g/mol. The smallest absolute Gasteiger partial charge is 0.135 e. The van der Waals surface area contributed by atoms with Gasteiger partial charge in [0, 0.05) is 32.1 Å². The fourth-order valence-corrected chi connectivity index (χ4v) is 2.69. The van der Waals surface area contributed by atoms with Crippen LogP contribution in [0.1, 0.15) is 45.4 Å². The first kappa shape index (κ1) is 16.0. The summed E-state index contributed by atoms with van der Waals surface area (Å²) < 4.78 is 0. The van der Waals surface area contributed by atoms with E-state index in [1.165, 1.54) is 32.5 Å². The molecule has 2 N–H and O–H groups in total. The van der Waals surface area contributed by atoms with Crippen molar-refractivity contribution in [2.45, 2.75) is 39.5 Å². The van der Waals surface area contributed by atoms with Crippen LogP contribution in [0, 0.1) is 5.92 Å². The van der Waals surface area contributed by atoms with Gasteiger partial charge in [0.2, 0.25) is 0 Å². The quantitative estimate of drug-likeness (QED) is 0.809. The highest BCUT2D eigenvalue weighted by Crippen LogP contribution is 2.17. The van der Waals surface area contributed by atoms with Crippen molar-refractivity contribution in [3.8, 4) is 0 Å². The van der Waals surface area contributed by atoms with Crippen molar-refractivity contribution in [3.05, 3.63) is 11.9 Å². The molecule has 1 fully saturated rings. The summed E-state index contributed by atoms with van der Waals surface area (Å²) in [5.74, 6) is 3.64. The molecule has 0 spiro atoms. The summed E-state index contributed by atoms with van der Waals surface area (Å²) in [4.78, 5) is 11.7. The van der Waals surface area contributed by atoms with Crippen LogP contribution in [0.25, 0.3) is 0 Å². The van der Waals surface area contributed by atoms with Crippen molar-refractivity contribution in [1.82, 2.24) is 14.9 Å². The minimum absolute atomic E-state index is 0.334. The summed E-state index contributed by atoms with van der Waals surface area (Å²) in [6.07, 6.45) is 2.71. The lowest BCUT2D eigenvalue weighted by Crippen LogP contribution is -2.29. The first-order valence-electron chi connectivity index (χ1n) is 8.11. The highest BCUT2D eigenvalue weighted by atomic mass is 15.1. The van der Waals surface area contributed by atoms with Gasteiger partial charge in [-0.15, -0.1) is 0 Å². The van der Waals surface area contributed by atoms with Crippen molar-refractivity contribution in [2.75, 3.05) is 43.9 Å². The van der Waals surface area contributed by atoms with E-state index in [2.05, 4.69) is 46.3 Å². The molecule has 21 heavy (non-hydrogen) atoms. The van der Waals surface area contributed by atoms with E-state index in [4.69, 9.17) is 0 Å². The predicted octanol–water partition coefficient (Wildman–Crippen LogP) is 2.79. The molecule has 1 aromatic heterocycles. The van der Waals surface area contributed by atoms with Crippen LogP contribution < -0.4 is 10.6 Å². The first-order chi connectivity index (χ1) is 10.1. The Morgan fingerprint density at radius 3 is 2.43 bits per heavy atom. The molecule has 0 radical (unpaired) electrons. The monoisotopic (exact) mass is 291 g/mol. The topological polar surface area (TPSA) is 53.1 Å². The lowest BCUT2D eigenvalue weighted by atomic mass is 10.1. The van der Waals surface area contributed by atoms with E-state index in [9.17, 15) is 0 Å². The Balaban J connectivity index is 1.90. The van der Waals surface area contributed by atoms with Gasteiger partial charge in [0.15, 0.2) is 0 Å². The molecular weight excluding hydrogens is 262 g/mol. The van der Waals surface area contributed by atoms with E-state index >= 15 is 0 Å². The number of nitrogens with one attached hydrogen (secondary N) is 2. The second-order valence-electron chi connectivity index (χ2n) is 6.40. The number of nitrogens with zero attached hydrogens (tertiary/aromatic N) is 3. The van der Waals surface area contributed by atoms with Gasteiger partial charge in [0.1, 0.15) is 17.5 Å². The second kappa shape index (κ2) is 7.59. The molecule has 1 aliphatic heterocycles. The Morgan fingerprint density at radius 1 is 1.14 bits per heavy atom. The molecule has 0 aliphatic carbocycles. The lowest BCUT2D eigenvalue weighted by Gasteiger charge is -2.21. The number of rotatable bonds is 7. The maximum Gasteiger partial charge on any atom is 0.135 e. The number of anilines is 2. The van der Waals surface area contributed by atoms with Crippen LogP contribution in [0.4, 0.5) is 11.6 Å². The van der Waals surface area contributed by atoms with Gasteiger partial charge in [-0.3, -0.25) is 0 Å². The van der Waals surface area contributed by atoms with Crippen LogP contribution in [0.15, 0.2) is 6.07 Å². The van der Waals surface area contributed by atoms with E-state index in [1.807, 2.05) is 13.1 Å². The zero-order chi connectivity index (χ0) is 15.2. The minimum Gasteiger partial charge on any atom is -0.373 e. The van der Waals surface area contributed by atoms with Crippen LogP contribution in [0.5, 0.6) is 0 Å². The van der Waals surface area contributed by atoms with Crippen molar-refractivity contribution in [2.24, 2.45) is 5.92 Å². The summed E-state index contributed by atoms with van der Waals surface area (Å²) >= 11 is 0. The highest BCUT2D eigenvalue weighted by molar-refractivity contribution is 5.47. The summed E-state index contributed by atoms with van der Waals surface area (Å²) in [5.41, 5.74) is 0. The Bertz CT molecular complexity index is 440. The zero-order valence-corrected chi connectivity index (χ0v) is 13.8. The third-order valence-corrected chi connectivity index (χ3v) is 3.92. The standard InChI is InChI=1S/C16H29N5/c1-12(2)16-19-14(17-4)9-15(20-16)18-10-13(3)11-21-7-5-6-8-21/h9,12-13H,5-8,10-11H2,1-4H3,(H2,17,18,19,20). The predicted molar refractivity (Wildman–Crippen MR) is 89.0 cm³/mol. The van der Waals surface area contributed by atoms with E-state index < -0.39 is 0 Å². The van der Waals surface area contributed by atoms with Gasteiger partial charge in [0.05, 0.1) is 0 Å². The second-order valence-corrected chi connectivity index (χ2v) is 6.40. The van der Waals surface area contributed by atoms with Gasteiger partial charge in [-0.05, 0) is 31.8 Å². The molecule has 1 saturated heterocycles. The number of hydrogen-bond donors (Lipinski definition) is 2. The molecule has 118 valence electrons. The van der Waals surface area contributed by atoms with Crippen LogP contribution in [0.2, 0.25) is 0 Å². The molecule has 2 rings (SSSR count). The van der Waals surface area contributed by atoms with Gasteiger partial charge in [-0.25, -0.2) is 9.97 Å². The summed E-state index contributed by atoms with van der Waals surface area (Å²) in [5, 5.41) is 6.58. The number of hydrogen-bond acceptors (Lipinski definition) is 5. The van der Waals surface area contributed by atoms with Crippen molar-refractivity contribution in [3.63, 3.8) is 0 Å². The lowest BCUT2D eigenvalue weighted by molar-refractivity contribution is 0.294. The average Bonchev–Trinajstić information content (AvgIpc) is 2.97. The molecule has 0 saturated carbocycles. The van der Waals surface area contributed by atoms with Gasteiger partial charge in [-0.2, -0.15) is 0 Å². The van der Waals surface area contributed by atoms with E-state index in [-0.39, 0.29) is 0 Å². The molecule has 5 heteroatoms. The van der Waals surface area contributed by atoms with Crippen molar-refractivity contribution in [1.29, 1.82) is 0 Å². The highest BCUT2D eigenvalue weighted by Gasteiger charge is 2.15. The van der Waals surface area contributed by atoms with Crippen molar-refractivity contribution >= 4 is 11.6 Å². The number of likely N-dealkylation sites (tertiary alicyclic amines) is 1. The Labute approximate surface area is 128 Å². The fourth-order valence-electron chi connectivity index (χ4n) is 2.69. The van der Waals surface area contributed by atoms with Gasteiger partial charge < -0.3 is 15.5 Å². The van der Waals surface area contributed by atoms with E-state index in [1.54, 1.807) is 0 Å². The zero-order valence-electron chi connectivity index (χ0n) is 13.8. The van der Waals surface area contributed by atoms with Gasteiger partial charge in [0.25, 0.3) is 0 Å². The Hall–Kier alpha value is -1.36. The third-order valence-electron chi connectivity index (χ3n) is 3.92. The molecule has 1 aromatic rings. The molecular formula is C16H29N5. The summed E-state index contributed by atoms with van der Waals surface area (Å²) in [7, 11) is 1.90. The van der Waals surface area contributed by atoms with Gasteiger partial charge in [-0.1, -0.05) is 20.8 Å². The maximum atomic E-state index is 4.61. The van der Waals surface area contributed by atoms with Crippen molar-refractivity contribution < 1.29 is 0 Å². The summed E-state index contributed by atoms with van der Waals surface area (Å²) in [6, 6.07) is 1.98. The SMILES string of the molecule is CNc1cc(NCC(C)CN2CCCC2)nc(C(C)C)n1. The Morgan fingerprint density at radius 2 is 1.81 bits per heavy atom. The molecule has 1 unspecified atom stereocenters.